The van der Waals surface area contributed by atoms with Gasteiger partial charge in [0.25, 0.3) is 0 Å². The van der Waals surface area contributed by atoms with Gasteiger partial charge in [0.2, 0.25) is 0 Å². The highest BCUT2D eigenvalue weighted by atomic mass is 16.6. The fourth-order valence-corrected chi connectivity index (χ4v) is 2.23. The maximum Gasteiger partial charge on any atom is 0.336 e. The van der Waals surface area contributed by atoms with Gasteiger partial charge in [0.15, 0.2) is 0 Å². The summed E-state index contributed by atoms with van der Waals surface area (Å²) < 4.78 is 10.2. The van der Waals surface area contributed by atoms with Gasteiger partial charge in [-0.25, -0.2) is 4.79 Å². The quantitative estimate of drug-likeness (QED) is 0.217. The zero-order valence-electron chi connectivity index (χ0n) is 13.0. The van der Waals surface area contributed by atoms with Crippen LogP contribution in [0.5, 0.6) is 0 Å². The molecule has 0 aromatic rings. The normalized spacial score (nSPS) is 16.9. The van der Waals surface area contributed by atoms with Crippen molar-refractivity contribution in [3.63, 3.8) is 0 Å². The van der Waals surface area contributed by atoms with E-state index in [4.69, 9.17) is 9.47 Å². The molecule has 1 aliphatic rings. The van der Waals surface area contributed by atoms with Crippen molar-refractivity contribution in [3.8, 4) is 0 Å². The molecular weight excluding hydrogens is 252 g/mol. The molecule has 0 aliphatic carbocycles. The third kappa shape index (κ3) is 8.36. The predicted octanol–water partition coefficient (Wildman–Crippen LogP) is 4.41. The van der Waals surface area contributed by atoms with Crippen molar-refractivity contribution in [1.82, 2.24) is 0 Å². The highest BCUT2D eigenvalue weighted by molar-refractivity contribution is 5.89. The number of carbonyl (C=O) groups is 1. The molecule has 1 heterocycles. The van der Waals surface area contributed by atoms with Crippen molar-refractivity contribution in [2.45, 2.75) is 77.2 Å². The molecule has 0 aromatic heterocycles. The molecule has 20 heavy (non-hydrogen) atoms. The molecule has 0 aromatic carbocycles. The first-order valence-corrected chi connectivity index (χ1v) is 8.23. The van der Waals surface area contributed by atoms with Crippen LogP contribution >= 0.6 is 0 Å². The largest absolute Gasteiger partial charge is 0.462 e. The lowest BCUT2D eigenvalue weighted by Gasteiger charge is -2.05. The van der Waals surface area contributed by atoms with E-state index < -0.39 is 0 Å². The van der Waals surface area contributed by atoms with Gasteiger partial charge in [-0.2, -0.15) is 0 Å². The first-order valence-electron chi connectivity index (χ1n) is 8.23. The maximum absolute atomic E-state index is 11.5. The zero-order valence-corrected chi connectivity index (χ0v) is 13.0. The molecule has 0 amide bonds. The second-order valence-corrected chi connectivity index (χ2v) is 5.67. The van der Waals surface area contributed by atoms with Crippen LogP contribution in [0, 0.1) is 0 Å². The van der Waals surface area contributed by atoms with Crippen molar-refractivity contribution < 1.29 is 14.3 Å². The maximum atomic E-state index is 11.5. The first kappa shape index (κ1) is 17.2. The summed E-state index contributed by atoms with van der Waals surface area (Å²) >= 11 is 0. The Morgan fingerprint density at radius 3 is 2.05 bits per heavy atom. The molecule has 0 saturated carbocycles. The van der Waals surface area contributed by atoms with E-state index in [0.717, 1.165) is 12.8 Å². The Morgan fingerprint density at radius 1 is 1.05 bits per heavy atom. The van der Waals surface area contributed by atoms with Gasteiger partial charge in [0, 0.05) is 0 Å². The van der Waals surface area contributed by atoms with Crippen molar-refractivity contribution in [3.05, 3.63) is 12.2 Å². The molecule has 1 fully saturated rings. The van der Waals surface area contributed by atoms with Crippen LogP contribution in [0.4, 0.5) is 0 Å². The lowest BCUT2D eigenvalue weighted by molar-refractivity contribution is -0.139. The molecule has 1 aliphatic heterocycles. The SMILES string of the molecule is C=C(C(=O)OCCCCCCCCCCCC)C1CO1. The summed E-state index contributed by atoms with van der Waals surface area (Å²) in [5.41, 5.74) is 0.470. The minimum atomic E-state index is -0.288. The number of unbranched alkanes of at least 4 members (excludes halogenated alkanes) is 9. The summed E-state index contributed by atoms with van der Waals surface area (Å²) in [4.78, 5) is 11.5. The second-order valence-electron chi connectivity index (χ2n) is 5.67. The summed E-state index contributed by atoms with van der Waals surface area (Å²) in [5, 5.41) is 0. The highest BCUT2D eigenvalue weighted by Gasteiger charge is 2.31. The Bertz CT molecular complexity index is 282. The first-order chi connectivity index (χ1) is 9.75. The lowest BCUT2D eigenvalue weighted by Crippen LogP contribution is -2.11. The van der Waals surface area contributed by atoms with Crippen molar-refractivity contribution in [2.24, 2.45) is 0 Å². The van der Waals surface area contributed by atoms with Crippen LogP contribution in [-0.2, 0) is 14.3 Å². The molecule has 0 radical (unpaired) electrons. The molecule has 116 valence electrons. The summed E-state index contributed by atoms with van der Waals surface area (Å²) in [5.74, 6) is -0.288. The van der Waals surface area contributed by atoms with Crippen LogP contribution in [0.3, 0.4) is 0 Å². The van der Waals surface area contributed by atoms with E-state index in [2.05, 4.69) is 13.5 Å². The average Bonchev–Trinajstić information content (AvgIpc) is 3.28. The van der Waals surface area contributed by atoms with Crippen molar-refractivity contribution in [1.29, 1.82) is 0 Å². The lowest BCUT2D eigenvalue weighted by atomic mass is 10.1. The van der Waals surface area contributed by atoms with Crippen molar-refractivity contribution >= 4 is 5.97 Å². The Labute approximate surface area is 123 Å². The Balaban J connectivity index is 1.78. The third-order valence-electron chi connectivity index (χ3n) is 3.72. The van der Waals surface area contributed by atoms with E-state index in [9.17, 15) is 4.79 Å². The molecule has 1 saturated heterocycles. The van der Waals surface area contributed by atoms with Crippen LogP contribution in [0.1, 0.15) is 71.1 Å². The number of esters is 1. The number of rotatable bonds is 13. The van der Waals surface area contributed by atoms with E-state index >= 15 is 0 Å². The van der Waals surface area contributed by atoms with Gasteiger partial charge in [-0.05, 0) is 6.42 Å². The number of hydrogen-bond acceptors (Lipinski definition) is 3. The Kier molecular flexibility index (Phi) is 9.38. The minimum Gasteiger partial charge on any atom is -0.462 e. The van der Waals surface area contributed by atoms with Crippen molar-refractivity contribution in [2.75, 3.05) is 13.2 Å². The van der Waals surface area contributed by atoms with Crippen LogP contribution in [0.15, 0.2) is 12.2 Å². The van der Waals surface area contributed by atoms with Crippen LogP contribution in [0.25, 0.3) is 0 Å². The van der Waals surface area contributed by atoms with E-state index in [1.165, 1.54) is 51.4 Å². The molecule has 1 rings (SSSR count). The molecular formula is C17H30O3. The van der Waals surface area contributed by atoms with Crippen LogP contribution in [0.2, 0.25) is 0 Å². The summed E-state index contributed by atoms with van der Waals surface area (Å²) in [6.07, 6.45) is 12.8. The summed E-state index contributed by atoms with van der Waals surface area (Å²) in [7, 11) is 0. The molecule has 3 heteroatoms. The summed E-state index contributed by atoms with van der Waals surface area (Å²) in [6, 6.07) is 0. The topological polar surface area (TPSA) is 38.8 Å². The molecule has 0 N–H and O–H groups in total. The molecule has 0 bridgehead atoms. The number of carbonyl (C=O) groups excluding carboxylic acids is 1. The third-order valence-corrected chi connectivity index (χ3v) is 3.72. The van der Waals surface area contributed by atoms with Crippen LogP contribution < -0.4 is 0 Å². The number of ether oxygens (including phenoxy) is 2. The Morgan fingerprint density at radius 2 is 1.55 bits per heavy atom. The number of hydrogen-bond donors (Lipinski definition) is 0. The summed E-state index contributed by atoms with van der Waals surface area (Å²) in [6.45, 7) is 7.07. The molecule has 1 unspecified atom stereocenters. The minimum absolute atomic E-state index is 0.0739. The zero-order chi connectivity index (χ0) is 14.6. The van der Waals surface area contributed by atoms with Crippen LogP contribution in [-0.4, -0.2) is 25.3 Å². The van der Waals surface area contributed by atoms with Gasteiger partial charge in [0.1, 0.15) is 6.10 Å². The van der Waals surface area contributed by atoms with E-state index in [1.54, 1.807) is 0 Å². The highest BCUT2D eigenvalue weighted by Crippen LogP contribution is 2.19. The average molecular weight is 282 g/mol. The van der Waals surface area contributed by atoms with Gasteiger partial charge in [-0.1, -0.05) is 71.3 Å². The van der Waals surface area contributed by atoms with E-state index in [0.29, 0.717) is 18.8 Å². The fraction of sp³-hybridized carbons (Fsp3) is 0.824. The standard InChI is InChI=1S/C17H30O3/c1-3-4-5-6-7-8-9-10-11-12-13-19-17(18)15(2)16-14-20-16/h16H,2-14H2,1H3. The van der Waals surface area contributed by atoms with Gasteiger partial charge in [-0.15, -0.1) is 0 Å². The molecule has 1 atom stereocenters. The van der Waals surface area contributed by atoms with Gasteiger partial charge in [-0.3, -0.25) is 0 Å². The van der Waals surface area contributed by atoms with Gasteiger partial charge in [0.05, 0.1) is 18.8 Å². The van der Waals surface area contributed by atoms with Gasteiger partial charge >= 0.3 is 5.97 Å². The van der Waals surface area contributed by atoms with Gasteiger partial charge < -0.3 is 9.47 Å². The monoisotopic (exact) mass is 282 g/mol. The molecule has 0 spiro atoms. The number of epoxide rings is 1. The smallest absolute Gasteiger partial charge is 0.336 e. The fourth-order valence-electron chi connectivity index (χ4n) is 2.23. The Hall–Kier alpha value is -0.830. The predicted molar refractivity (Wildman–Crippen MR) is 81.7 cm³/mol. The van der Waals surface area contributed by atoms with E-state index in [-0.39, 0.29) is 12.1 Å². The molecule has 3 nitrogen and oxygen atoms in total. The van der Waals surface area contributed by atoms with E-state index in [1.807, 2.05) is 0 Å². The second kappa shape index (κ2) is 10.9.